The summed E-state index contributed by atoms with van der Waals surface area (Å²) in [5.41, 5.74) is 0. The van der Waals surface area contributed by atoms with Gasteiger partial charge in [0.25, 0.3) is 16.4 Å². The largest absolute Gasteiger partial charge is 0.460 e. The highest BCUT2D eigenvalue weighted by molar-refractivity contribution is 7.89. The molecule has 1 aliphatic heterocycles. The zero-order valence-corrected chi connectivity index (χ0v) is 17.7. The van der Waals surface area contributed by atoms with E-state index in [0.29, 0.717) is 0 Å². The predicted octanol–water partition coefficient (Wildman–Crippen LogP) is 1.60. The maximum Gasteiger partial charge on any atom is 0.374 e. The van der Waals surface area contributed by atoms with Crippen molar-refractivity contribution in [2.24, 2.45) is 5.92 Å². The molecule has 12 heteroatoms. The van der Waals surface area contributed by atoms with Crippen LogP contribution in [-0.4, -0.2) is 82.4 Å². The Bertz CT molecular complexity index is 820. The van der Waals surface area contributed by atoms with E-state index < -0.39 is 45.9 Å². The van der Waals surface area contributed by atoms with Crippen molar-refractivity contribution in [3.05, 3.63) is 17.9 Å². The zero-order valence-electron chi connectivity index (χ0n) is 16.9. The van der Waals surface area contributed by atoms with Crippen molar-refractivity contribution in [2.45, 2.75) is 31.3 Å². The molecule has 1 aliphatic rings. The lowest BCUT2D eigenvalue weighted by Crippen LogP contribution is -2.46. The Morgan fingerprint density at radius 1 is 1.30 bits per heavy atom. The van der Waals surface area contributed by atoms with Gasteiger partial charge in [0.15, 0.2) is 0 Å². The molecule has 0 atom stereocenters. The number of ether oxygens (including phenoxy) is 2. The first kappa shape index (κ1) is 24.2. The molecule has 0 unspecified atom stereocenters. The van der Waals surface area contributed by atoms with Crippen LogP contribution < -0.4 is 0 Å². The number of halogens is 2. The van der Waals surface area contributed by atoms with Crippen LogP contribution >= 0.6 is 0 Å². The molecule has 1 fully saturated rings. The van der Waals surface area contributed by atoms with E-state index >= 15 is 0 Å². The third-order valence-corrected chi connectivity index (χ3v) is 6.46. The lowest BCUT2D eigenvalue weighted by Gasteiger charge is -2.33. The number of alkyl halides is 2. The van der Waals surface area contributed by atoms with E-state index in [-0.39, 0.29) is 51.4 Å². The number of esters is 1. The summed E-state index contributed by atoms with van der Waals surface area (Å²) in [6.45, 7) is 1.28. The van der Waals surface area contributed by atoms with Gasteiger partial charge >= 0.3 is 5.97 Å². The Morgan fingerprint density at radius 3 is 2.53 bits per heavy atom. The van der Waals surface area contributed by atoms with E-state index in [2.05, 4.69) is 0 Å². The van der Waals surface area contributed by atoms with Gasteiger partial charge in [-0.1, -0.05) is 0 Å². The molecule has 0 aromatic carbocycles. The number of nitrogens with zero attached hydrogens (tertiary/aromatic N) is 2. The molecule has 1 amide bonds. The number of rotatable bonds is 10. The van der Waals surface area contributed by atoms with Crippen molar-refractivity contribution >= 4 is 21.9 Å². The molecule has 1 aromatic rings. The van der Waals surface area contributed by atoms with Gasteiger partial charge in [-0.3, -0.25) is 4.79 Å². The molecule has 0 spiro atoms. The first-order valence-corrected chi connectivity index (χ1v) is 11.0. The molecule has 0 N–H and O–H groups in total. The third-order valence-electron chi connectivity index (χ3n) is 4.69. The van der Waals surface area contributed by atoms with Crippen molar-refractivity contribution in [2.75, 3.05) is 46.5 Å². The summed E-state index contributed by atoms with van der Waals surface area (Å²) in [6.07, 6.45) is -2.29. The maximum absolute atomic E-state index is 12.8. The second-order valence-corrected chi connectivity index (χ2v) is 8.55. The average Bonchev–Trinajstić information content (AvgIpc) is 3.22. The number of hydrogen-bond acceptors (Lipinski definition) is 7. The van der Waals surface area contributed by atoms with Crippen LogP contribution in [0.4, 0.5) is 8.78 Å². The minimum absolute atomic E-state index is 0.0287. The second kappa shape index (κ2) is 10.8. The number of hydrogen-bond donors (Lipinski definition) is 0. The van der Waals surface area contributed by atoms with Gasteiger partial charge < -0.3 is 18.8 Å². The number of amides is 1. The van der Waals surface area contributed by atoms with Crippen molar-refractivity contribution < 1.29 is 40.7 Å². The topological polar surface area (TPSA) is 106 Å². The summed E-state index contributed by atoms with van der Waals surface area (Å²) < 4.78 is 67.0. The van der Waals surface area contributed by atoms with Crippen LogP contribution in [-0.2, 0) is 24.3 Å². The van der Waals surface area contributed by atoms with Crippen molar-refractivity contribution in [1.29, 1.82) is 0 Å². The van der Waals surface area contributed by atoms with E-state index in [1.54, 1.807) is 6.92 Å². The molecular weight excluding hydrogens is 426 g/mol. The van der Waals surface area contributed by atoms with Gasteiger partial charge in [0.05, 0.1) is 19.8 Å². The Kier molecular flexibility index (Phi) is 8.74. The van der Waals surface area contributed by atoms with Crippen LogP contribution in [0, 0.1) is 5.92 Å². The molecule has 0 radical (unpaired) electrons. The minimum Gasteiger partial charge on any atom is -0.460 e. The summed E-state index contributed by atoms with van der Waals surface area (Å²) in [6, 6.07) is 2.40. The van der Waals surface area contributed by atoms with E-state index in [4.69, 9.17) is 13.9 Å². The van der Waals surface area contributed by atoms with Crippen LogP contribution in [0.2, 0.25) is 0 Å². The van der Waals surface area contributed by atoms with Crippen LogP contribution in [0.15, 0.2) is 21.6 Å². The maximum atomic E-state index is 12.8. The average molecular weight is 452 g/mol. The number of sulfonamides is 1. The summed E-state index contributed by atoms with van der Waals surface area (Å²) in [4.78, 5) is 25.3. The predicted molar refractivity (Wildman–Crippen MR) is 101 cm³/mol. The molecule has 170 valence electrons. The standard InChI is InChI=1S/C18H26F2N2O7S/c1-3-28-18(24)14-4-5-16(29-14)30(25,26)22-8-6-13(7-9-22)17(23)21(10-11-27-2)12-15(19)20/h4-5,13,15H,3,6-12H2,1-2H3. The number of carbonyl (C=O) groups is 2. The van der Waals surface area contributed by atoms with E-state index in [1.807, 2.05) is 0 Å². The summed E-state index contributed by atoms with van der Waals surface area (Å²) in [7, 11) is -2.59. The monoisotopic (exact) mass is 452 g/mol. The second-order valence-electron chi connectivity index (χ2n) is 6.69. The molecule has 30 heavy (non-hydrogen) atoms. The van der Waals surface area contributed by atoms with Crippen LogP contribution in [0.25, 0.3) is 0 Å². The van der Waals surface area contributed by atoms with E-state index in [9.17, 15) is 26.8 Å². The summed E-state index contributed by atoms with van der Waals surface area (Å²) >= 11 is 0. The van der Waals surface area contributed by atoms with Crippen molar-refractivity contribution in [3.63, 3.8) is 0 Å². The lowest BCUT2D eigenvalue weighted by atomic mass is 9.96. The molecule has 2 heterocycles. The summed E-state index contributed by atoms with van der Waals surface area (Å²) in [5.74, 6) is -1.98. The molecule has 0 bridgehead atoms. The fourth-order valence-electron chi connectivity index (χ4n) is 3.16. The van der Waals surface area contributed by atoms with Crippen molar-refractivity contribution in [1.82, 2.24) is 9.21 Å². The lowest BCUT2D eigenvalue weighted by molar-refractivity contribution is -0.139. The Hall–Kier alpha value is -2.05. The Balaban J connectivity index is 2.01. The highest BCUT2D eigenvalue weighted by Gasteiger charge is 2.36. The fourth-order valence-corrected chi connectivity index (χ4v) is 4.54. The zero-order chi connectivity index (χ0) is 22.3. The van der Waals surface area contributed by atoms with Crippen molar-refractivity contribution in [3.8, 4) is 0 Å². The van der Waals surface area contributed by atoms with E-state index in [1.165, 1.54) is 19.2 Å². The molecular formula is C18H26F2N2O7S. The fraction of sp³-hybridized carbons (Fsp3) is 0.667. The molecule has 9 nitrogen and oxygen atoms in total. The minimum atomic E-state index is -4.00. The SMILES string of the molecule is CCOC(=O)c1ccc(S(=O)(=O)N2CCC(C(=O)N(CCOC)CC(F)F)CC2)o1. The Morgan fingerprint density at radius 2 is 1.97 bits per heavy atom. The quantitative estimate of drug-likeness (QED) is 0.497. The van der Waals surface area contributed by atoms with Crippen LogP contribution in [0.1, 0.15) is 30.3 Å². The molecule has 1 saturated heterocycles. The first-order valence-electron chi connectivity index (χ1n) is 9.53. The smallest absolute Gasteiger partial charge is 0.374 e. The first-order chi connectivity index (χ1) is 14.2. The highest BCUT2D eigenvalue weighted by atomic mass is 32.2. The number of furan rings is 1. The van der Waals surface area contributed by atoms with Gasteiger partial charge in [-0.05, 0) is 31.9 Å². The van der Waals surface area contributed by atoms with Gasteiger partial charge in [0.1, 0.15) is 0 Å². The van der Waals surface area contributed by atoms with Gasteiger partial charge in [-0.25, -0.2) is 22.0 Å². The van der Waals surface area contributed by atoms with Gasteiger partial charge in [0.2, 0.25) is 16.8 Å². The highest BCUT2D eigenvalue weighted by Crippen LogP contribution is 2.26. The number of carbonyl (C=O) groups excluding carboxylic acids is 2. The Labute approximate surface area is 173 Å². The van der Waals surface area contributed by atoms with Crippen LogP contribution in [0.5, 0.6) is 0 Å². The van der Waals surface area contributed by atoms with Gasteiger partial charge in [0, 0.05) is 32.7 Å². The molecule has 1 aromatic heterocycles. The number of methoxy groups -OCH3 is 1. The van der Waals surface area contributed by atoms with Gasteiger partial charge in [-0.2, -0.15) is 4.31 Å². The molecule has 0 saturated carbocycles. The molecule has 2 rings (SSSR count). The van der Waals surface area contributed by atoms with E-state index in [0.717, 1.165) is 9.21 Å². The number of piperidine rings is 1. The van der Waals surface area contributed by atoms with Gasteiger partial charge in [-0.15, -0.1) is 0 Å². The summed E-state index contributed by atoms with van der Waals surface area (Å²) in [5, 5.41) is -0.394. The molecule has 0 aliphatic carbocycles. The third kappa shape index (κ3) is 5.99. The normalized spacial score (nSPS) is 16.0. The van der Waals surface area contributed by atoms with Crippen LogP contribution in [0.3, 0.4) is 0 Å².